The molecule has 0 heterocycles. The zero-order chi connectivity index (χ0) is 24.7. The molecule has 2 unspecified atom stereocenters. The predicted octanol–water partition coefficient (Wildman–Crippen LogP) is 7.12. The van der Waals surface area contributed by atoms with Crippen molar-refractivity contribution in [3.63, 3.8) is 0 Å². The first-order chi connectivity index (χ1) is 16.7. The van der Waals surface area contributed by atoms with Crippen molar-refractivity contribution in [1.82, 2.24) is 0 Å². The summed E-state index contributed by atoms with van der Waals surface area (Å²) in [6, 6.07) is 10.2. The van der Waals surface area contributed by atoms with Gasteiger partial charge in [-0.05, 0) is 44.1 Å². The van der Waals surface area contributed by atoms with Crippen LogP contribution < -0.4 is 0 Å². The Morgan fingerprint density at radius 3 is 2.24 bits per heavy atom. The lowest BCUT2D eigenvalue weighted by atomic mass is 10.0. The Bertz CT molecular complexity index is 577. The molecule has 0 fully saturated rings. The van der Waals surface area contributed by atoms with Crippen LogP contribution in [0.3, 0.4) is 0 Å². The summed E-state index contributed by atoms with van der Waals surface area (Å²) in [5.74, 6) is -0.00782. The molecule has 1 rings (SSSR count). The van der Waals surface area contributed by atoms with Gasteiger partial charge in [0.1, 0.15) is 0 Å². The Balaban J connectivity index is 1.99. The fraction of sp³-hybridized carbons (Fsp3) is 0.759. The van der Waals surface area contributed by atoms with E-state index in [1.54, 1.807) is 0 Å². The van der Waals surface area contributed by atoms with Crippen LogP contribution in [-0.4, -0.2) is 45.1 Å². The van der Waals surface area contributed by atoms with Gasteiger partial charge in [-0.15, -0.1) is 0 Å². The number of hydrogen-bond donors (Lipinski definition) is 0. The van der Waals surface area contributed by atoms with Crippen LogP contribution in [0.1, 0.15) is 97.0 Å². The SMILES string of the molecule is CCCCCCC(C)C(=O)OCCCCCCOCCC(COCc1ccccc1)OCCC. The first kappa shape index (κ1) is 30.6. The lowest BCUT2D eigenvalue weighted by Crippen LogP contribution is -2.22. The van der Waals surface area contributed by atoms with Gasteiger partial charge in [0, 0.05) is 19.8 Å². The summed E-state index contributed by atoms with van der Waals surface area (Å²) in [6.07, 6.45) is 11.8. The fourth-order valence-electron chi connectivity index (χ4n) is 3.67. The van der Waals surface area contributed by atoms with E-state index in [0.717, 1.165) is 64.6 Å². The van der Waals surface area contributed by atoms with Crippen molar-refractivity contribution in [2.45, 2.75) is 104 Å². The third kappa shape index (κ3) is 17.1. The van der Waals surface area contributed by atoms with Crippen molar-refractivity contribution in [3.05, 3.63) is 35.9 Å². The Morgan fingerprint density at radius 2 is 1.50 bits per heavy atom. The third-order valence-corrected chi connectivity index (χ3v) is 5.88. The minimum absolute atomic E-state index is 0.0270. The van der Waals surface area contributed by atoms with Gasteiger partial charge >= 0.3 is 5.97 Å². The van der Waals surface area contributed by atoms with Gasteiger partial charge in [-0.1, -0.05) is 83.2 Å². The average Bonchev–Trinajstić information content (AvgIpc) is 2.86. The van der Waals surface area contributed by atoms with Crippen molar-refractivity contribution in [2.75, 3.05) is 33.0 Å². The zero-order valence-electron chi connectivity index (χ0n) is 22.1. The number of esters is 1. The highest BCUT2D eigenvalue weighted by Gasteiger charge is 2.13. The van der Waals surface area contributed by atoms with Crippen molar-refractivity contribution in [3.8, 4) is 0 Å². The van der Waals surface area contributed by atoms with Gasteiger partial charge in [-0.3, -0.25) is 4.79 Å². The highest BCUT2D eigenvalue weighted by Crippen LogP contribution is 2.12. The van der Waals surface area contributed by atoms with E-state index in [1.165, 1.54) is 24.8 Å². The Labute approximate surface area is 208 Å². The number of rotatable bonds is 23. The molecule has 0 bridgehead atoms. The summed E-state index contributed by atoms with van der Waals surface area (Å²) >= 11 is 0. The van der Waals surface area contributed by atoms with Gasteiger partial charge < -0.3 is 18.9 Å². The van der Waals surface area contributed by atoms with Gasteiger partial charge in [0.05, 0.1) is 31.8 Å². The number of unbranched alkanes of at least 4 members (excludes halogenated alkanes) is 6. The van der Waals surface area contributed by atoms with Crippen LogP contribution in [0.4, 0.5) is 0 Å². The molecule has 0 saturated carbocycles. The molecule has 5 heteroatoms. The van der Waals surface area contributed by atoms with Gasteiger partial charge in [-0.2, -0.15) is 0 Å². The second kappa shape index (κ2) is 22.1. The molecule has 1 aromatic rings. The molecule has 5 nitrogen and oxygen atoms in total. The van der Waals surface area contributed by atoms with Crippen LogP contribution in [0.15, 0.2) is 30.3 Å². The standard InChI is InChI=1S/C29H50O5/c1-4-6-7-11-16-26(3)29(30)34-22-15-9-8-14-21-31-23-19-28(33-20-5-2)25-32-24-27-17-12-10-13-18-27/h10,12-13,17-18,26,28H,4-9,11,14-16,19-25H2,1-3H3. The molecule has 0 saturated heterocycles. The van der Waals surface area contributed by atoms with Crippen LogP contribution in [0, 0.1) is 5.92 Å². The molecule has 0 aliphatic carbocycles. The molecular formula is C29H50O5. The van der Waals surface area contributed by atoms with Crippen molar-refractivity contribution in [1.29, 1.82) is 0 Å². The monoisotopic (exact) mass is 478 g/mol. The summed E-state index contributed by atoms with van der Waals surface area (Å²) in [7, 11) is 0. The second-order valence-electron chi connectivity index (χ2n) is 9.23. The van der Waals surface area contributed by atoms with Crippen LogP contribution in [0.25, 0.3) is 0 Å². The first-order valence-corrected chi connectivity index (χ1v) is 13.6. The number of hydrogen-bond acceptors (Lipinski definition) is 5. The molecule has 1 aromatic carbocycles. The number of carbonyl (C=O) groups is 1. The zero-order valence-corrected chi connectivity index (χ0v) is 22.1. The van der Waals surface area contributed by atoms with E-state index in [9.17, 15) is 4.79 Å². The molecule has 0 N–H and O–H groups in total. The van der Waals surface area contributed by atoms with Crippen molar-refractivity contribution in [2.24, 2.45) is 5.92 Å². The molecule has 196 valence electrons. The average molecular weight is 479 g/mol. The summed E-state index contributed by atoms with van der Waals surface area (Å²) in [4.78, 5) is 12.0. The van der Waals surface area contributed by atoms with Crippen LogP contribution in [-0.2, 0) is 30.3 Å². The van der Waals surface area contributed by atoms with Gasteiger partial charge in [0.2, 0.25) is 0 Å². The minimum atomic E-state index is -0.0348. The normalized spacial score (nSPS) is 13.0. The number of carbonyl (C=O) groups excluding carboxylic acids is 1. The smallest absolute Gasteiger partial charge is 0.308 e. The van der Waals surface area contributed by atoms with E-state index in [2.05, 4.69) is 26.0 Å². The Kier molecular flexibility index (Phi) is 19.9. The molecular weight excluding hydrogens is 428 g/mol. The topological polar surface area (TPSA) is 54.0 Å². The molecule has 0 spiro atoms. The van der Waals surface area contributed by atoms with Gasteiger partial charge in [-0.25, -0.2) is 0 Å². The fourth-order valence-corrected chi connectivity index (χ4v) is 3.67. The van der Waals surface area contributed by atoms with E-state index in [-0.39, 0.29) is 18.0 Å². The highest BCUT2D eigenvalue weighted by molar-refractivity contribution is 5.71. The molecule has 34 heavy (non-hydrogen) atoms. The molecule has 0 radical (unpaired) electrons. The maximum Gasteiger partial charge on any atom is 0.308 e. The van der Waals surface area contributed by atoms with Crippen LogP contribution in [0.5, 0.6) is 0 Å². The first-order valence-electron chi connectivity index (χ1n) is 13.6. The van der Waals surface area contributed by atoms with E-state index < -0.39 is 0 Å². The highest BCUT2D eigenvalue weighted by atomic mass is 16.5. The van der Waals surface area contributed by atoms with Gasteiger partial charge in [0.25, 0.3) is 0 Å². The Hall–Kier alpha value is -1.43. The maximum absolute atomic E-state index is 12.0. The summed E-state index contributed by atoms with van der Waals surface area (Å²) < 4.78 is 23.0. The van der Waals surface area contributed by atoms with Gasteiger partial charge in [0.15, 0.2) is 0 Å². The van der Waals surface area contributed by atoms with Crippen LogP contribution >= 0.6 is 0 Å². The quantitative estimate of drug-likeness (QED) is 0.124. The number of benzene rings is 1. The molecule has 0 aliphatic heterocycles. The third-order valence-electron chi connectivity index (χ3n) is 5.88. The second-order valence-corrected chi connectivity index (χ2v) is 9.23. The van der Waals surface area contributed by atoms with E-state index in [0.29, 0.717) is 26.4 Å². The van der Waals surface area contributed by atoms with Crippen molar-refractivity contribution < 1.29 is 23.7 Å². The maximum atomic E-state index is 12.0. The van der Waals surface area contributed by atoms with E-state index in [1.807, 2.05) is 25.1 Å². The molecule has 0 amide bonds. The van der Waals surface area contributed by atoms with E-state index >= 15 is 0 Å². The number of ether oxygens (including phenoxy) is 4. The van der Waals surface area contributed by atoms with E-state index in [4.69, 9.17) is 18.9 Å². The minimum Gasteiger partial charge on any atom is -0.465 e. The molecule has 2 atom stereocenters. The molecule has 0 aromatic heterocycles. The predicted molar refractivity (Wildman–Crippen MR) is 139 cm³/mol. The Morgan fingerprint density at radius 1 is 0.765 bits per heavy atom. The lowest BCUT2D eigenvalue weighted by Gasteiger charge is -2.18. The molecule has 0 aliphatic rings. The largest absolute Gasteiger partial charge is 0.465 e. The van der Waals surface area contributed by atoms with Crippen LogP contribution in [0.2, 0.25) is 0 Å². The lowest BCUT2D eigenvalue weighted by molar-refractivity contribution is -0.148. The summed E-state index contributed by atoms with van der Waals surface area (Å²) in [5.41, 5.74) is 1.18. The summed E-state index contributed by atoms with van der Waals surface area (Å²) in [6.45, 7) is 10.3. The summed E-state index contributed by atoms with van der Waals surface area (Å²) in [5, 5.41) is 0. The van der Waals surface area contributed by atoms with Crippen molar-refractivity contribution >= 4 is 5.97 Å².